The molecular formula is C14H15ClN2O4. The third-order valence-corrected chi connectivity index (χ3v) is 3.54. The van der Waals surface area contributed by atoms with E-state index in [0.29, 0.717) is 10.6 Å². The van der Waals surface area contributed by atoms with E-state index >= 15 is 0 Å². The van der Waals surface area contributed by atoms with E-state index in [1.165, 1.54) is 0 Å². The number of nitrogens with one attached hydrogen (secondary N) is 1. The van der Waals surface area contributed by atoms with Crippen LogP contribution in [0.2, 0.25) is 5.02 Å². The van der Waals surface area contributed by atoms with E-state index in [1.807, 2.05) is 0 Å². The summed E-state index contributed by atoms with van der Waals surface area (Å²) in [6, 6.07) is 5.97. The van der Waals surface area contributed by atoms with Crippen LogP contribution in [0.1, 0.15) is 19.4 Å². The van der Waals surface area contributed by atoms with Gasteiger partial charge in [-0.25, -0.2) is 4.79 Å². The lowest BCUT2D eigenvalue weighted by molar-refractivity contribution is -0.147. The lowest BCUT2D eigenvalue weighted by atomic mass is 9.92. The van der Waals surface area contributed by atoms with E-state index in [4.69, 9.17) is 16.3 Å². The van der Waals surface area contributed by atoms with Crippen molar-refractivity contribution in [3.05, 3.63) is 34.9 Å². The van der Waals surface area contributed by atoms with E-state index in [1.54, 1.807) is 38.1 Å². The molecule has 1 aromatic carbocycles. The monoisotopic (exact) mass is 310 g/mol. The lowest BCUT2D eigenvalue weighted by Crippen LogP contribution is -2.41. The number of halogens is 1. The second-order valence-corrected chi connectivity index (χ2v) is 5.19. The molecule has 1 unspecified atom stereocenters. The van der Waals surface area contributed by atoms with E-state index in [9.17, 15) is 14.4 Å². The number of rotatable bonds is 4. The third kappa shape index (κ3) is 2.85. The van der Waals surface area contributed by atoms with Crippen LogP contribution in [0.25, 0.3) is 0 Å². The van der Waals surface area contributed by atoms with E-state index in [-0.39, 0.29) is 6.61 Å². The first-order chi connectivity index (χ1) is 9.88. The predicted molar refractivity (Wildman–Crippen MR) is 75.7 cm³/mol. The molecule has 0 aliphatic carbocycles. The van der Waals surface area contributed by atoms with E-state index < -0.39 is 30.0 Å². The maximum absolute atomic E-state index is 12.5. The van der Waals surface area contributed by atoms with Gasteiger partial charge in [-0.3, -0.25) is 14.5 Å². The van der Waals surface area contributed by atoms with Crippen molar-refractivity contribution in [3.8, 4) is 0 Å². The van der Waals surface area contributed by atoms with Crippen LogP contribution in [0, 0.1) is 0 Å². The molecule has 1 atom stereocenters. The number of ether oxygens (including phenoxy) is 1. The van der Waals surface area contributed by atoms with Gasteiger partial charge in [-0.05, 0) is 31.5 Å². The predicted octanol–water partition coefficient (Wildman–Crippen LogP) is 1.67. The minimum absolute atomic E-state index is 0.191. The maximum Gasteiger partial charge on any atom is 0.326 e. The Morgan fingerprint density at radius 2 is 1.95 bits per heavy atom. The fraction of sp³-hybridized carbons (Fsp3) is 0.357. The number of benzene rings is 1. The maximum atomic E-state index is 12.5. The zero-order valence-corrected chi connectivity index (χ0v) is 12.4. The second-order valence-electron chi connectivity index (χ2n) is 4.76. The molecule has 21 heavy (non-hydrogen) atoms. The first-order valence-corrected chi connectivity index (χ1v) is 6.82. The normalized spacial score (nSPS) is 21.4. The Morgan fingerprint density at radius 3 is 2.52 bits per heavy atom. The van der Waals surface area contributed by atoms with Crippen LogP contribution in [0.3, 0.4) is 0 Å². The molecule has 1 heterocycles. The Kier molecular flexibility index (Phi) is 4.18. The zero-order chi connectivity index (χ0) is 15.6. The number of nitrogens with zero attached hydrogens (tertiary/aromatic N) is 1. The highest BCUT2D eigenvalue weighted by Crippen LogP contribution is 2.29. The average Bonchev–Trinajstić information content (AvgIpc) is 2.64. The summed E-state index contributed by atoms with van der Waals surface area (Å²) in [5, 5.41) is 3.13. The SMILES string of the molecule is CCOC(=O)CN1C(=O)NC(C)(c2ccc(Cl)cc2)C1=O. The number of esters is 1. The molecule has 1 aliphatic heterocycles. The Labute approximate surface area is 127 Å². The zero-order valence-electron chi connectivity index (χ0n) is 11.7. The number of amides is 3. The first kappa shape index (κ1) is 15.3. The molecule has 1 aromatic rings. The van der Waals surface area contributed by atoms with Gasteiger partial charge in [0.1, 0.15) is 12.1 Å². The summed E-state index contributed by atoms with van der Waals surface area (Å²) in [4.78, 5) is 36.7. The van der Waals surface area contributed by atoms with Gasteiger partial charge < -0.3 is 10.1 Å². The van der Waals surface area contributed by atoms with Gasteiger partial charge in [0.15, 0.2) is 0 Å². The number of imide groups is 1. The summed E-state index contributed by atoms with van der Waals surface area (Å²) in [6.45, 7) is 3.03. The second kappa shape index (κ2) is 5.73. The van der Waals surface area contributed by atoms with Crippen molar-refractivity contribution in [1.82, 2.24) is 10.2 Å². The molecule has 1 saturated heterocycles. The average molecular weight is 311 g/mol. The summed E-state index contributed by atoms with van der Waals surface area (Å²) in [5.74, 6) is -1.12. The van der Waals surface area contributed by atoms with Gasteiger partial charge in [0, 0.05) is 5.02 Å². The lowest BCUT2D eigenvalue weighted by Gasteiger charge is -2.22. The molecule has 0 spiro atoms. The molecule has 0 saturated carbocycles. The fourth-order valence-electron chi connectivity index (χ4n) is 2.16. The van der Waals surface area contributed by atoms with Crippen LogP contribution in [-0.2, 0) is 19.9 Å². The quantitative estimate of drug-likeness (QED) is 0.678. The molecule has 1 N–H and O–H groups in total. The molecule has 112 valence electrons. The van der Waals surface area contributed by atoms with Gasteiger partial charge in [-0.1, -0.05) is 23.7 Å². The third-order valence-electron chi connectivity index (χ3n) is 3.29. The van der Waals surface area contributed by atoms with Gasteiger partial charge in [-0.2, -0.15) is 0 Å². The molecule has 0 aromatic heterocycles. The van der Waals surface area contributed by atoms with Crippen molar-refractivity contribution in [2.24, 2.45) is 0 Å². The standard InChI is InChI=1S/C14H15ClN2O4/c1-3-21-11(18)8-17-12(19)14(2,16-13(17)20)9-4-6-10(15)7-5-9/h4-7H,3,8H2,1-2H3,(H,16,20). The molecule has 0 bridgehead atoms. The van der Waals surface area contributed by atoms with Crippen molar-refractivity contribution in [1.29, 1.82) is 0 Å². The highest BCUT2D eigenvalue weighted by molar-refractivity contribution is 6.30. The van der Waals surface area contributed by atoms with Crippen LogP contribution in [0.5, 0.6) is 0 Å². The van der Waals surface area contributed by atoms with Crippen LogP contribution < -0.4 is 5.32 Å². The summed E-state index contributed by atoms with van der Waals surface area (Å²) in [6.07, 6.45) is 0. The van der Waals surface area contributed by atoms with Crippen molar-refractivity contribution < 1.29 is 19.1 Å². The Morgan fingerprint density at radius 1 is 1.33 bits per heavy atom. The minimum atomic E-state index is -1.21. The topological polar surface area (TPSA) is 75.7 Å². The molecule has 1 aliphatic rings. The van der Waals surface area contributed by atoms with Crippen LogP contribution >= 0.6 is 11.6 Å². The van der Waals surface area contributed by atoms with Crippen molar-refractivity contribution in [3.63, 3.8) is 0 Å². The number of hydrogen-bond donors (Lipinski definition) is 1. The Balaban J connectivity index is 2.24. The van der Waals surface area contributed by atoms with Gasteiger partial charge in [0.2, 0.25) is 0 Å². The van der Waals surface area contributed by atoms with Crippen LogP contribution in [0.4, 0.5) is 4.79 Å². The number of urea groups is 1. The molecule has 0 radical (unpaired) electrons. The first-order valence-electron chi connectivity index (χ1n) is 6.44. The summed E-state index contributed by atoms with van der Waals surface area (Å²) in [7, 11) is 0. The molecular weight excluding hydrogens is 296 g/mol. The minimum Gasteiger partial charge on any atom is -0.465 e. The van der Waals surface area contributed by atoms with Crippen LogP contribution in [0.15, 0.2) is 24.3 Å². The Hall–Kier alpha value is -2.08. The highest BCUT2D eigenvalue weighted by atomic mass is 35.5. The van der Waals surface area contributed by atoms with Gasteiger partial charge in [-0.15, -0.1) is 0 Å². The summed E-state index contributed by atoms with van der Waals surface area (Å²) < 4.78 is 4.76. The molecule has 2 rings (SSSR count). The van der Waals surface area contributed by atoms with Crippen LogP contribution in [-0.4, -0.2) is 36.0 Å². The van der Waals surface area contributed by atoms with Crippen molar-refractivity contribution in [2.75, 3.05) is 13.2 Å². The van der Waals surface area contributed by atoms with E-state index in [2.05, 4.69) is 5.32 Å². The van der Waals surface area contributed by atoms with Gasteiger partial charge in [0.05, 0.1) is 6.61 Å². The smallest absolute Gasteiger partial charge is 0.326 e. The summed E-state index contributed by atoms with van der Waals surface area (Å²) >= 11 is 5.82. The van der Waals surface area contributed by atoms with Crippen molar-refractivity contribution in [2.45, 2.75) is 19.4 Å². The van der Waals surface area contributed by atoms with E-state index in [0.717, 1.165) is 4.90 Å². The number of carbonyl (C=O) groups is 3. The highest BCUT2D eigenvalue weighted by Gasteiger charge is 2.49. The molecule has 3 amide bonds. The largest absolute Gasteiger partial charge is 0.465 e. The summed E-state index contributed by atoms with van der Waals surface area (Å²) in [5.41, 5.74) is -0.620. The molecule has 7 heteroatoms. The number of hydrogen-bond acceptors (Lipinski definition) is 4. The molecule has 1 fully saturated rings. The van der Waals surface area contributed by atoms with Gasteiger partial charge >= 0.3 is 12.0 Å². The van der Waals surface area contributed by atoms with Crippen molar-refractivity contribution >= 4 is 29.5 Å². The van der Waals surface area contributed by atoms with Gasteiger partial charge in [0.25, 0.3) is 5.91 Å². The molecule has 6 nitrogen and oxygen atoms in total. The number of carbonyl (C=O) groups excluding carboxylic acids is 3. The fourth-order valence-corrected chi connectivity index (χ4v) is 2.28. The Bertz CT molecular complexity index is 587.